The Morgan fingerprint density at radius 3 is 0.909 bits per heavy atom. The molecule has 0 aromatic heterocycles. The van der Waals surface area contributed by atoms with Crippen LogP contribution in [0.5, 0.6) is 0 Å². The van der Waals surface area contributed by atoms with E-state index in [0.717, 1.165) is 26.1 Å². The Morgan fingerprint density at radius 2 is 0.591 bits per heavy atom. The summed E-state index contributed by atoms with van der Waals surface area (Å²) in [7, 11) is 0. The molecule has 0 aromatic rings. The van der Waals surface area contributed by atoms with Gasteiger partial charge in [0.15, 0.2) is 0 Å². The molecule has 266 valence electrons. The van der Waals surface area contributed by atoms with Crippen molar-refractivity contribution in [3.63, 3.8) is 0 Å². The number of hydrogen-bond donors (Lipinski definition) is 2. The third-order valence-corrected chi connectivity index (χ3v) is 6.99. The fourth-order valence-corrected chi connectivity index (χ4v) is 4.41. The molecule has 0 amide bonds. The van der Waals surface area contributed by atoms with Crippen LogP contribution >= 0.6 is 0 Å². The zero-order valence-electron chi connectivity index (χ0n) is 28.7. The maximum Gasteiger partial charge on any atom is 0.0701 e. The lowest BCUT2D eigenvalue weighted by Gasteiger charge is -2.09. The van der Waals surface area contributed by atoms with Crippen molar-refractivity contribution < 1.29 is 37.9 Å². The number of nitrogens with two attached hydrogens (primary N) is 1. The summed E-state index contributed by atoms with van der Waals surface area (Å²) in [5.74, 6) is 0. The average molecular weight is 637 g/mol. The number of unbranched alkanes of at least 4 members (excludes halogenated alkanes) is 13. The van der Waals surface area contributed by atoms with Gasteiger partial charge in [-0.25, -0.2) is 0 Å². The molecule has 0 saturated heterocycles. The molecule has 10 nitrogen and oxygen atoms in total. The highest BCUT2D eigenvalue weighted by Crippen LogP contribution is 2.12. The van der Waals surface area contributed by atoms with E-state index in [1.54, 1.807) is 0 Å². The van der Waals surface area contributed by atoms with Crippen molar-refractivity contribution in [1.29, 1.82) is 0 Å². The van der Waals surface area contributed by atoms with Gasteiger partial charge in [0.1, 0.15) is 0 Å². The molecule has 0 bridgehead atoms. The minimum atomic E-state index is 0.541. The minimum absolute atomic E-state index is 0.541. The fourth-order valence-electron chi connectivity index (χ4n) is 4.41. The summed E-state index contributed by atoms with van der Waals surface area (Å²) in [5, 5.41) is 3.17. The van der Waals surface area contributed by atoms with Crippen molar-refractivity contribution in [3.05, 3.63) is 0 Å². The number of rotatable bonds is 41. The molecule has 0 unspecified atom stereocenters. The van der Waals surface area contributed by atoms with Gasteiger partial charge in [-0.15, -0.1) is 0 Å². The van der Waals surface area contributed by atoms with E-state index in [1.807, 2.05) is 0 Å². The molecule has 44 heavy (non-hydrogen) atoms. The van der Waals surface area contributed by atoms with Crippen LogP contribution in [-0.4, -0.2) is 125 Å². The van der Waals surface area contributed by atoms with Gasteiger partial charge in [0.25, 0.3) is 0 Å². The molecule has 0 aliphatic carbocycles. The largest absolute Gasteiger partial charge is 0.379 e. The van der Waals surface area contributed by atoms with E-state index in [-0.39, 0.29) is 0 Å². The molecule has 0 spiro atoms. The predicted molar refractivity (Wildman–Crippen MR) is 179 cm³/mol. The zero-order valence-corrected chi connectivity index (χ0v) is 28.7. The van der Waals surface area contributed by atoms with Crippen molar-refractivity contribution in [3.8, 4) is 0 Å². The van der Waals surface area contributed by atoms with Gasteiger partial charge in [-0.05, 0) is 6.42 Å². The summed E-state index contributed by atoms with van der Waals surface area (Å²) < 4.78 is 44.1. The van der Waals surface area contributed by atoms with Crippen molar-refractivity contribution in [2.75, 3.05) is 125 Å². The predicted octanol–water partition coefficient (Wildman–Crippen LogP) is 5.15. The summed E-state index contributed by atoms with van der Waals surface area (Å²) in [6, 6.07) is 0. The minimum Gasteiger partial charge on any atom is -0.379 e. The first-order valence-electron chi connectivity index (χ1n) is 17.9. The van der Waals surface area contributed by atoms with Crippen LogP contribution < -0.4 is 11.1 Å². The smallest absolute Gasteiger partial charge is 0.0701 e. The highest BCUT2D eigenvalue weighted by molar-refractivity contribution is 4.50. The molecule has 10 heteroatoms. The lowest BCUT2D eigenvalue weighted by atomic mass is 10.0. The van der Waals surface area contributed by atoms with Gasteiger partial charge in [-0.2, -0.15) is 0 Å². The topological polar surface area (TPSA) is 112 Å². The van der Waals surface area contributed by atoms with Gasteiger partial charge in [-0.1, -0.05) is 90.4 Å². The van der Waals surface area contributed by atoms with Gasteiger partial charge in [0.05, 0.1) is 99.1 Å². The molecular formula is C34H72N2O8. The fraction of sp³-hybridized carbons (Fsp3) is 1.00. The zero-order chi connectivity index (χ0) is 31.7. The van der Waals surface area contributed by atoms with Gasteiger partial charge in [-0.3, -0.25) is 0 Å². The van der Waals surface area contributed by atoms with Crippen LogP contribution in [0.25, 0.3) is 0 Å². The van der Waals surface area contributed by atoms with E-state index < -0.39 is 0 Å². The van der Waals surface area contributed by atoms with Gasteiger partial charge < -0.3 is 48.9 Å². The second-order valence-electron chi connectivity index (χ2n) is 11.0. The first-order valence-corrected chi connectivity index (χ1v) is 17.9. The Balaban J connectivity index is 3.03. The highest BCUT2D eigenvalue weighted by Gasteiger charge is 1.97. The van der Waals surface area contributed by atoms with Gasteiger partial charge in [0.2, 0.25) is 0 Å². The summed E-state index contributed by atoms with van der Waals surface area (Å²) in [4.78, 5) is 0. The molecule has 0 rings (SSSR count). The monoisotopic (exact) mass is 637 g/mol. The Kier molecular flexibility index (Phi) is 42.2. The summed E-state index contributed by atoms with van der Waals surface area (Å²) >= 11 is 0. The van der Waals surface area contributed by atoms with E-state index in [1.165, 1.54) is 83.5 Å². The van der Waals surface area contributed by atoms with Crippen LogP contribution in [0.2, 0.25) is 0 Å². The normalized spacial score (nSPS) is 11.6. The van der Waals surface area contributed by atoms with Crippen LogP contribution in [-0.2, 0) is 37.9 Å². The van der Waals surface area contributed by atoms with Crippen molar-refractivity contribution >= 4 is 0 Å². The Bertz CT molecular complexity index is 452. The van der Waals surface area contributed by atoms with E-state index in [0.29, 0.717) is 106 Å². The number of hydrogen-bond acceptors (Lipinski definition) is 10. The maximum absolute atomic E-state index is 5.67. The van der Waals surface area contributed by atoms with Gasteiger partial charge >= 0.3 is 0 Å². The van der Waals surface area contributed by atoms with Crippen LogP contribution in [0.1, 0.15) is 96.8 Å². The molecule has 0 saturated carbocycles. The van der Waals surface area contributed by atoms with Crippen molar-refractivity contribution in [2.45, 2.75) is 96.8 Å². The van der Waals surface area contributed by atoms with Crippen molar-refractivity contribution in [1.82, 2.24) is 5.32 Å². The molecule has 3 N–H and O–H groups in total. The second-order valence-corrected chi connectivity index (χ2v) is 11.0. The maximum atomic E-state index is 5.67. The van der Waals surface area contributed by atoms with E-state index in [4.69, 9.17) is 43.6 Å². The van der Waals surface area contributed by atoms with Crippen molar-refractivity contribution in [2.24, 2.45) is 5.73 Å². The third-order valence-electron chi connectivity index (χ3n) is 6.99. The first-order chi connectivity index (χ1) is 21.9. The summed E-state index contributed by atoms with van der Waals surface area (Å²) in [6.45, 7) is 14.0. The second kappa shape index (κ2) is 42.6. The lowest BCUT2D eigenvalue weighted by Crippen LogP contribution is -2.26. The van der Waals surface area contributed by atoms with E-state index in [2.05, 4.69) is 12.2 Å². The van der Waals surface area contributed by atoms with Crippen LogP contribution in [0, 0.1) is 0 Å². The van der Waals surface area contributed by atoms with E-state index >= 15 is 0 Å². The Labute approximate surface area is 271 Å². The number of nitrogens with one attached hydrogen (secondary N) is 1. The van der Waals surface area contributed by atoms with E-state index in [9.17, 15) is 0 Å². The van der Waals surface area contributed by atoms with Crippen LogP contribution in [0.3, 0.4) is 0 Å². The van der Waals surface area contributed by atoms with Gasteiger partial charge in [0, 0.05) is 26.2 Å². The first kappa shape index (κ1) is 43.6. The molecule has 0 radical (unpaired) electrons. The molecule has 0 aliphatic heterocycles. The molecular weight excluding hydrogens is 564 g/mol. The lowest BCUT2D eigenvalue weighted by molar-refractivity contribution is -0.0230. The SMILES string of the molecule is CCCCCCCCCCCCCCCCOCCOCCOCCOCCOCCOCCOCCOCCNCCN. The molecule has 0 atom stereocenters. The Morgan fingerprint density at radius 1 is 0.318 bits per heavy atom. The third kappa shape index (κ3) is 41.6. The Hall–Kier alpha value is -0.400. The molecule has 0 aliphatic rings. The quantitative estimate of drug-likeness (QED) is 0.0875. The molecule has 0 heterocycles. The molecule has 0 fully saturated rings. The van der Waals surface area contributed by atoms with Crippen LogP contribution in [0.4, 0.5) is 0 Å². The van der Waals surface area contributed by atoms with Crippen LogP contribution in [0.15, 0.2) is 0 Å². The summed E-state index contributed by atoms with van der Waals surface area (Å²) in [6.07, 6.45) is 19.3. The highest BCUT2D eigenvalue weighted by atomic mass is 16.6. The molecule has 0 aromatic carbocycles. The average Bonchev–Trinajstić information content (AvgIpc) is 3.04. The standard InChI is InChI=1S/C34H72N2O8/c1-2-3-4-5-6-7-8-9-10-11-12-13-14-15-19-37-21-23-39-25-27-41-29-31-43-33-34-44-32-30-42-28-26-40-24-22-38-20-18-36-17-16-35/h36H,2-35H2,1H3. The number of ether oxygens (including phenoxy) is 8. The summed E-state index contributed by atoms with van der Waals surface area (Å²) in [5.41, 5.74) is 5.40.